The van der Waals surface area contributed by atoms with Crippen LogP contribution in [0.25, 0.3) is 10.6 Å². The topological polar surface area (TPSA) is 45.2 Å². The quantitative estimate of drug-likeness (QED) is 0.848. The molecule has 1 N–H and O–H groups in total. The molecular formula is C18H25N3OS. The predicted octanol–water partition coefficient (Wildman–Crippen LogP) is 3.06. The number of nitrogens with one attached hydrogen (secondary N) is 1. The molecule has 0 atom stereocenters. The van der Waals surface area contributed by atoms with Gasteiger partial charge in [-0.25, -0.2) is 4.98 Å². The van der Waals surface area contributed by atoms with Crippen molar-refractivity contribution in [2.24, 2.45) is 5.41 Å². The molecule has 0 aliphatic carbocycles. The minimum absolute atomic E-state index is 0.0294. The standard InChI is InChI=1S/C18H25N3OS/c1-18(2,13-21(3)4)12-19-16(22)10-15-11-23-17(20-15)14-8-6-5-7-9-14/h5-9,11H,10,12-13H2,1-4H3,(H,19,22). The maximum atomic E-state index is 12.1. The molecule has 2 aromatic rings. The smallest absolute Gasteiger partial charge is 0.226 e. The number of aromatic nitrogens is 1. The number of hydrogen-bond donors (Lipinski definition) is 1. The molecule has 124 valence electrons. The van der Waals surface area contributed by atoms with Crippen LogP contribution in [0.3, 0.4) is 0 Å². The SMILES string of the molecule is CN(C)CC(C)(C)CNC(=O)Cc1csc(-c2ccccc2)n1. The minimum atomic E-state index is 0.0294. The van der Waals surface area contributed by atoms with Gasteiger partial charge in [-0.15, -0.1) is 11.3 Å². The van der Waals surface area contributed by atoms with Crippen molar-refractivity contribution in [3.05, 3.63) is 41.4 Å². The van der Waals surface area contributed by atoms with Crippen molar-refractivity contribution in [3.63, 3.8) is 0 Å². The summed E-state index contributed by atoms with van der Waals surface area (Å²) in [7, 11) is 4.09. The largest absolute Gasteiger partial charge is 0.355 e. The second kappa shape index (κ2) is 7.70. The molecule has 0 radical (unpaired) electrons. The summed E-state index contributed by atoms with van der Waals surface area (Å²) in [5.74, 6) is 0.0294. The molecule has 1 heterocycles. The zero-order valence-electron chi connectivity index (χ0n) is 14.3. The van der Waals surface area contributed by atoms with Crippen LogP contribution in [0.15, 0.2) is 35.7 Å². The summed E-state index contributed by atoms with van der Waals surface area (Å²) in [6.07, 6.45) is 0.335. The molecule has 0 saturated heterocycles. The van der Waals surface area contributed by atoms with Crippen LogP contribution in [0.2, 0.25) is 0 Å². The van der Waals surface area contributed by atoms with Crippen molar-refractivity contribution in [2.45, 2.75) is 20.3 Å². The summed E-state index contributed by atoms with van der Waals surface area (Å²) in [5, 5.41) is 5.95. The van der Waals surface area contributed by atoms with Gasteiger partial charge in [-0.2, -0.15) is 0 Å². The normalized spacial score (nSPS) is 11.7. The average molecular weight is 331 g/mol. The molecule has 0 bridgehead atoms. The maximum absolute atomic E-state index is 12.1. The van der Waals surface area contributed by atoms with Crippen molar-refractivity contribution in [2.75, 3.05) is 27.2 Å². The number of carbonyl (C=O) groups is 1. The number of carbonyl (C=O) groups excluding carboxylic acids is 1. The van der Waals surface area contributed by atoms with Crippen LogP contribution in [0, 0.1) is 5.41 Å². The van der Waals surface area contributed by atoms with Crippen molar-refractivity contribution in [1.29, 1.82) is 0 Å². The van der Waals surface area contributed by atoms with Gasteiger partial charge in [0.05, 0.1) is 12.1 Å². The Morgan fingerprint density at radius 1 is 1.26 bits per heavy atom. The molecule has 0 fully saturated rings. The highest BCUT2D eigenvalue weighted by Crippen LogP contribution is 2.23. The van der Waals surface area contributed by atoms with Crippen molar-refractivity contribution < 1.29 is 4.79 Å². The monoisotopic (exact) mass is 331 g/mol. The molecule has 0 saturated carbocycles. The fraction of sp³-hybridized carbons (Fsp3) is 0.444. The highest BCUT2D eigenvalue weighted by atomic mass is 32.1. The number of nitrogens with zero attached hydrogens (tertiary/aromatic N) is 2. The third kappa shape index (κ3) is 5.77. The predicted molar refractivity (Wildman–Crippen MR) is 96.6 cm³/mol. The molecule has 2 rings (SSSR count). The van der Waals surface area contributed by atoms with E-state index in [0.717, 1.165) is 22.8 Å². The lowest BCUT2D eigenvalue weighted by molar-refractivity contribution is -0.120. The molecule has 1 aromatic heterocycles. The average Bonchev–Trinajstić information content (AvgIpc) is 2.93. The fourth-order valence-electron chi connectivity index (χ4n) is 2.58. The number of rotatable bonds is 7. The van der Waals surface area contributed by atoms with Crippen molar-refractivity contribution in [1.82, 2.24) is 15.2 Å². The van der Waals surface area contributed by atoms with Crippen LogP contribution in [0.1, 0.15) is 19.5 Å². The number of amides is 1. The molecule has 0 spiro atoms. The van der Waals surface area contributed by atoms with E-state index >= 15 is 0 Å². The van der Waals surface area contributed by atoms with E-state index in [1.165, 1.54) is 0 Å². The number of hydrogen-bond acceptors (Lipinski definition) is 4. The van der Waals surface area contributed by atoms with E-state index in [1.54, 1.807) is 11.3 Å². The maximum Gasteiger partial charge on any atom is 0.226 e. The first-order chi connectivity index (χ1) is 10.9. The Labute approximate surface area is 142 Å². The summed E-state index contributed by atoms with van der Waals surface area (Å²) in [6.45, 7) is 5.91. The Balaban J connectivity index is 1.88. The van der Waals surface area contributed by atoms with Gasteiger partial charge in [0.1, 0.15) is 5.01 Å². The van der Waals surface area contributed by atoms with Crippen molar-refractivity contribution >= 4 is 17.2 Å². The van der Waals surface area contributed by atoms with E-state index in [1.807, 2.05) is 49.8 Å². The Bertz CT molecular complexity index is 635. The van der Waals surface area contributed by atoms with Gasteiger partial charge in [-0.1, -0.05) is 44.2 Å². The lowest BCUT2D eigenvalue weighted by atomic mass is 9.93. The molecule has 1 aromatic carbocycles. The third-order valence-corrected chi connectivity index (χ3v) is 4.36. The molecular weight excluding hydrogens is 306 g/mol. The zero-order chi connectivity index (χ0) is 16.9. The van der Waals surface area contributed by atoms with Crippen LogP contribution in [-0.4, -0.2) is 43.0 Å². The lowest BCUT2D eigenvalue weighted by Crippen LogP contribution is -2.40. The second-order valence-corrected chi connectivity index (χ2v) is 7.72. The summed E-state index contributed by atoms with van der Waals surface area (Å²) in [4.78, 5) is 18.8. The Kier molecular flexibility index (Phi) is 5.91. The van der Waals surface area contributed by atoms with E-state index in [9.17, 15) is 4.79 Å². The Morgan fingerprint density at radius 2 is 1.96 bits per heavy atom. The van der Waals surface area contributed by atoms with Gasteiger partial charge >= 0.3 is 0 Å². The fourth-order valence-corrected chi connectivity index (χ4v) is 3.40. The minimum Gasteiger partial charge on any atom is -0.355 e. The summed E-state index contributed by atoms with van der Waals surface area (Å²) in [6, 6.07) is 10.0. The van der Waals surface area contributed by atoms with Gasteiger partial charge in [0, 0.05) is 24.0 Å². The van der Waals surface area contributed by atoms with E-state index < -0.39 is 0 Å². The molecule has 4 nitrogen and oxygen atoms in total. The van der Waals surface area contributed by atoms with Crippen LogP contribution < -0.4 is 5.32 Å². The van der Waals surface area contributed by atoms with E-state index in [-0.39, 0.29) is 11.3 Å². The van der Waals surface area contributed by atoms with Gasteiger partial charge in [-0.05, 0) is 19.5 Å². The van der Waals surface area contributed by atoms with Crippen LogP contribution in [-0.2, 0) is 11.2 Å². The van der Waals surface area contributed by atoms with Gasteiger partial charge in [0.2, 0.25) is 5.91 Å². The number of benzene rings is 1. The van der Waals surface area contributed by atoms with Gasteiger partial charge < -0.3 is 10.2 Å². The first-order valence-corrected chi connectivity index (χ1v) is 8.65. The zero-order valence-corrected chi connectivity index (χ0v) is 15.1. The highest BCUT2D eigenvalue weighted by Gasteiger charge is 2.20. The lowest BCUT2D eigenvalue weighted by Gasteiger charge is -2.28. The van der Waals surface area contributed by atoms with Crippen LogP contribution in [0.5, 0.6) is 0 Å². The molecule has 0 aliphatic heterocycles. The molecule has 0 unspecified atom stereocenters. The third-order valence-electron chi connectivity index (χ3n) is 3.42. The first-order valence-electron chi connectivity index (χ1n) is 7.77. The van der Waals surface area contributed by atoms with E-state index in [4.69, 9.17) is 0 Å². The molecule has 23 heavy (non-hydrogen) atoms. The molecule has 5 heteroatoms. The second-order valence-electron chi connectivity index (χ2n) is 6.87. The van der Waals surface area contributed by atoms with Gasteiger partial charge in [-0.3, -0.25) is 4.79 Å². The van der Waals surface area contributed by atoms with Crippen LogP contribution >= 0.6 is 11.3 Å². The van der Waals surface area contributed by atoms with E-state index in [0.29, 0.717) is 13.0 Å². The first kappa shape index (κ1) is 17.6. The Hall–Kier alpha value is -1.72. The van der Waals surface area contributed by atoms with Gasteiger partial charge in [0.25, 0.3) is 0 Å². The highest BCUT2D eigenvalue weighted by molar-refractivity contribution is 7.13. The van der Waals surface area contributed by atoms with E-state index in [2.05, 4.69) is 29.0 Å². The number of thiazole rings is 1. The Morgan fingerprint density at radius 3 is 2.61 bits per heavy atom. The summed E-state index contributed by atoms with van der Waals surface area (Å²) < 4.78 is 0. The summed E-state index contributed by atoms with van der Waals surface area (Å²) in [5.41, 5.74) is 1.98. The molecule has 0 aliphatic rings. The molecule has 1 amide bonds. The van der Waals surface area contributed by atoms with Crippen molar-refractivity contribution in [3.8, 4) is 10.6 Å². The van der Waals surface area contributed by atoms with Crippen LogP contribution in [0.4, 0.5) is 0 Å². The summed E-state index contributed by atoms with van der Waals surface area (Å²) >= 11 is 1.58. The van der Waals surface area contributed by atoms with Gasteiger partial charge in [0.15, 0.2) is 0 Å².